The largest absolute Gasteiger partial charge is 0.370 e. The van der Waals surface area contributed by atoms with E-state index < -0.39 is 0 Å². The van der Waals surface area contributed by atoms with Crippen LogP contribution in [0.25, 0.3) is 0 Å². The van der Waals surface area contributed by atoms with Gasteiger partial charge in [-0.15, -0.1) is 24.0 Å². The molecule has 3 N–H and O–H groups in total. The summed E-state index contributed by atoms with van der Waals surface area (Å²) in [6, 6.07) is 5.55. The lowest BCUT2D eigenvalue weighted by Crippen LogP contribution is -2.31. The lowest BCUT2D eigenvalue weighted by atomic mass is 10.1. The van der Waals surface area contributed by atoms with E-state index in [4.69, 9.17) is 28.9 Å². The summed E-state index contributed by atoms with van der Waals surface area (Å²) in [7, 11) is 0. The highest BCUT2D eigenvalue weighted by atomic mass is 127. The second kappa shape index (κ2) is 9.69. The van der Waals surface area contributed by atoms with Crippen LogP contribution in [0.5, 0.6) is 0 Å². The first kappa shape index (κ1) is 17.8. The summed E-state index contributed by atoms with van der Waals surface area (Å²) in [6.45, 7) is 3.46. The molecular weight excluding hydrogens is 384 g/mol. The number of nitrogens with two attached hydrogens (primary N) is 1. The molecule has 18 heavy (non-hydrogen) atoms. The third kappa shape index (κ3) is 6.66. The van der Waals surface area contributed by atoms with Crippen LogP contribution < -0.4 is 11.1 Å². The number of nitrogens with zero attached hydrogens (tertiary/aromatic N) is 1. The molecule has 0 aliphatic carbocycles. The summed E-state index contributed by atoms with van der Waals surface area (Å²) in [5, 5.41) is 4.32. The third-order valence-electron chi connectivity index (χ3n) is 2.26. The van der Waals surface area contributed by atoms with Crippen molar-refractivity contribution in [1.82, 2.24) is 5.32 Å². The van der Waals surface area contributed by atoms with Crippen molar-refractivity contribution >= 4 is 53.1 Å². The van der Waals surface area contributed by atoms with Crippen molar-refractivity contribution in [3.8, 4) is 0 Å². The zero-order valence-corrected chi connectivity index (χ0v) is 14.1. The topological polar surface area (TPSA) is 50.4 Å². The molecule has 0 heterocycles. The fourth-order valence-corrected chi connectivity index (χ4v) is 1.93. The van der Waals surface area contributed by atoms with Crippen molar-refractivity contribution < 1.29 is 0 Å². The molecule has 0 aliphatic rings. The van der Waals surface area contributed by atoms with Gasteiger partial charge in [-0.2, -0.15) is 0 Å². The number of hydrogen-bond donors (Lipinski definition) is 2. The number of hydrogen-bond acceptors (Lipinski definition) is 1. The van der Waals surface area contributed by atoms with Crippen LogP contribution in [0.2, 0.25) is 10.0 Å². The molecule has 0 atom stereocenters. The molecule has 0 aromatic heterocycles. The summed E-state index contributed by atoms with van der Waals surface area (Å²) in [6.07, 6.45) is 1.78. The summed E-state index contributed by atoms with van der Waals surface area (Å²) >= 11 is 11.9. The first-order valence-electron chi connectivity index (χ1n) is 5.61. The number of aliphatic imine (C=N–C) groups is 1. The van der Waals surface area contributed by atoms with Crippen molar-refractivity contribution in [1.29, 1.82) is 0 Å². The molecule has 1 aromatic rings. The predicted molar refractivity (Wildman–Crippen MR) is 90.4 cm³/mol. The van der Waals surface area contributed by atoms with E-state index in [0.29, 0.717) is 22.5 Å². The molecule has 0 spiro atoms. The molecule has 3 nitrogen and oxygen atoms in total. The highest BCUT2D eigenvalue weighted by Crippen LogP contribution is 2.21. The Morgan fingerprint density at radius 3 is 2.72 bits per heavy atom. The van der Waals surface area contributed by atoms with Crippen molar-refractivity contribution in [2.45, 2.75) is 19.8 Å². The van der Waals surface area contributed by atoms with Crippen LogP contribution in [0.15, 0.2) is 23.2 Å². The normalized spacial score (nSPS) is 10.9. The van der Waals surface area contributed by atoms with Gasteiger partial charge in [-0.05, 0) is 37.5 Å². The van der Waals surface area contributed by atoms with Gasteiger partial charge < -0.3 is 11.1 Å². The second-order valence-electron chi connectivity index (χ2n) is 3.64. The molecule has 0 saturated heterocycles. The Morgan fingerprint density at radius 1 is 1.39 bits per heavy atom. The molecule has 0 aliphatic heterocycles. The fraction of sp³-hybridized carbons (Fsp3) is 0.417. The summed E-state index contributed by atoms with van der Waals surface area (Å²) in [5.41, 5.74) is 6.70. The van der Waals surface area contributed by atoms with E-state index in [1.54, 1.807) is 6.07 Å². The molecule has 1 aromatic carbocycles. The van der Waals surface area contributed by atoms with Gasteiger partial charge in [-0.25, -0.2) is 0 Å². The monoisotopic (exact) mass is 401 g/mol. The number of nitrogens with one attached hydrogen (secondary N) is 1. The minimum absolute atomic E-state index is 0. The molecule has 0 amide bonds. The summed E-state index contributed by atoms with van der Waals surface area (Å²) in [5.74, 6) is 0.495. The van der Waals surface area contributed by atoms with Gasteiger partial charge >= 0.3 is 0 Å². The van der Waals surface area contributed by atoms with Gasteiger partial charge in [0.2, 0.25) is 0 Å². The zero-order valence-electron chi connectivity index (χ0n) is 10.2. The van der Waals surface area contributed by atoms with E-state index in [2.05, 4.69) is 10.3 Å². The quantitative estimate of drug-likeness (QED) is 0.343. The maximum absolute atomic E-state index is 6.06. The number of guanidine groups is 1. The predicted octanol–water partition coefficient (Wildman–Crippen LogP) is 3.47. The average Bonchev–Trinajstić information content (AvgIpc) is 2.27. The first-order chi connectivity index (χ1) is 8.13. The van der Waals surface area contributed by atoms with Crippen molar-refractivity contribution in [3.63, 3.8) is 0 Å². The minimum atomic E-state index is 0. The summed E-state index contributed by atoms with van der Waals surface area (Å²) in [4.78, 5) is 4.19. The Kier molecular flexibility index (Phi) is 9.59. The zero-order chi connectivity index (χ0) is 12.7. The van der Waals surface area contributed by atoms with E-state index >= 15 is 0 Å². The SMILES string of the molecule is CCNC(N)=NCCCc1ccc(Cl)cc1Cl.I. The number of rotatable bonds is 5. The van der Waals surface area contributed by atoms with E-state index in [9.17, 15) is 0 Å². The van der Waals surface area contributed by atoms with Crippen LogP contribution in [0.3, 0.4) is 0 Å². The van der Waals surface area contributed by atoms with E-state index in [-0.39, 0.29) is 24.0 Å². The van der Waals surface area contributed by atoms with Crippen molar-refractivity contribution in [3.05, 3.63) is 33.8 Å². The first-order valence-corrected chi connectivity index (χ1v) is 6.36. The number of benzene rings is 1. The van der Waals surface area contributed by atoms with Crippen molar-refractivity contribution in [2.24, 2.45) is 10.7 Å². The molecule has 0 radical (unpaired) electrons. The van der Waals surface area contributed by atoms with Crippen LogP contribution in [0.1, 0.15) is 18.9 Å². The average molecular weight is 402 g/mol. The molecule has 6 heteroatoms. The third-order valence-corrected chi connectivity index (χ3v) is 2.85. The number of aryl methyl sites for hydroxylation is 1. The van der Waals surface area contributed by atoms with Gasteiger partial charge in [-0.3, -0.25) is 4.99 Å². The van der Waals surface area contributed by atoms with Gasteiger partial charge in [0.25, 0.3) is 0 Å². The Morgan fingerprint density at radius 2 is 2.11 bits per heavy atom. The van der Waals surface area contributed by atoms with Crippen molar-refractivity contribution in [2.75, 3.05) is 13.1 Å². The van der Waals surface area contributed by atoms with Gasteiger partial charge in [0.1, 0.15) is 0 Å². The lowest BCUT2D eigenvalue weighted by Gasteiger charge is -2.04. The molecule has 102 valence electrons. The highest BCUT2D eigenvalue weighted by molar-refractivity contribution is 14.0. The lowest BCUT2D eigenvalue weighted by molar-refractivity contribution is 0.820. The van der Waals surface area contributed by atoms with Gasteiger partial charge in [0.05, 0.1) is 0 Å². The van der Waals surface area contributed by atoms with Crippen LogP contribution >= 0.6 is 47.2 Å². The molecule has 0 fully saturated rings. The van der Waals surface area contributed by atoms with Gasteiger partial charge in [0.15, 0.2) is 5.96 Å². The van der Waals surface area contributed by atoms with E-state index in [0.717, 1.165) is 24.9 Å². The van der Waals surface area contributed by atoms with Crippen LogP contribution in [0, 0.1) is 0 Å². The second-order valence-corrected chi connectivity index (χ2v) is 4.48. The maximum atomic E-state index is 6.06. The Hall–Kier alpha value is -0.200. The van der Waals surface area contributed by atoms with Gasteiger partial charge in [-0.1, -0.05) is 29.3 Å². The van der Waals surface area contributed by atoms with Crippen LogP contribution in [-0.2, 0) is 6.42 Å². The van der Waals surface area contributed by atoms with Crippen LogP contribution in [0.4, 0.5) is 0 Å². The minimum Gasteiger partial charge on any atom is -0.370 e. The van der Waals surface area contributed by atoms with E-state index in [1.165, 1.54) is 0 Å². The Balaban J connectivity index is 0.00000289. The van der Waals surface area contributed by atoms with E-state index in [1.807, 2.05) is 19.1 Å². The highest BCUT2D eigenvalue weighted by Gasteiger charge is 2.00. The molecular formula is C12H18Cl2IN3. The molecule has 0 unspecified atom stereocenters. The Bertz CT molecular complexity index is 397. The molecule has 0 bridgehead atoms. The summed E-state index contributed by atoms with van der Waals surface area (Å²) < 4.78 is 0. The smallest absolute Gasteiger partial charge is 0.188 e. The maximum Gasteiger partial charge on any atom is 0.188 e. The van der Waals surface area contributed by atoms with Crippen LogP contribution in [-0.4, -0.2) is 19.0 Å². The fourth-order valence-electron chi connectivity index (χ4n) is 1.43. The molecule has 1 rings (SSSR count). The molecule has 0 saturated carbocycles. The standard InChI is InChI=1S/C12H17Cl2N3.HI/c1-2-16-12(15)17-7-3-4-9-5-6-10(13)8-11(9)14;/h5-6,8H,2-4,7H2,1H3,(H3,15,16,17);1H. The van der Waals surface area contributed by atoms with Gasteiger partial charge in [0, 0.05) is 23.1 Å². The Labute approximate surface area is 135 Å². The number of halogens is 3.